The maximum Gasteiger partial charge on any atom is 0.302 e. The second-order valence-corrected chi connectivity index (χ2v) is 4.94. The third-order valence-electron chi connectivity index (χ3n) is 2.96. The summed E-state index contributed by atoms with van der Waals surface area (Å²) in [6.07, 6.45) is 0. The molecule has 1 rings (SSSR count). The lowest BCUT2D eigenvalue weighted by Gasteiger charge is -2.16. The minimum absolute atomic E-state index is 0.179. The van der Waals surface area contributed by atoms with E-state index in [2.05, 4.69) is 0 Å². The second-order valence-electron chi connectivity index (χ2n) is 4.94. The number of nitrogens with zero attached hydrogens (tertiary/aromatic N) is 1. The lowest BCUT2D eigenvalue weighted by molar-refractivity contribution is -0.736. The number of carbonyl (C=O) groups is 2. The number of aromatic nitrogens is 1. The number of hydrogen-bond acceptors (Lipinski definition) is 4. The van der Waals surface area contributed by atoms with E-state index in [1.807, 2.05) is 37.5 Å². The van der Waals surface area contributed by atoms with Crippen molar-refractivity contribution >= 4 is 11.9 Å². The Balaban J connectivity index is 3.02. The molecule has 0 bridgehead atoms. The molecule has 1 aromatic rings. The highest BCUT2D eigenvalue weighted by atomic mass is 16.5. The zero-order valence-corrected chi connectivity index (χ0v) is 12.7. The molecule has 1 aromatic heterocycles. The van der Waals surface area contributed by atoms with Crippen molar-refractivity contribution in [3.05, 3.63) is 29.1 Å². The summed E-state index contributed by atoms with van der Waals surface area (Å²) in [5.74, 6) is -0.693. The van der Waals surface area contributed by atoms with Crippen LogP contribution in [0.5, 0.6) is 0 Å². The van der Waals surface area contributed by atoms with Gasteiger partial charge in [0.15, 0.2) is 24.6 Å². The molecular formula is C15H22NO4+. The van der Waals surface area contributed by atoms with Crippen LogP contribution in [0.25, 0.3) is 0 Å². The van der Waals surface area contributed by atoms with Crippen molar-refractivity contribution in [1.82, 2.24) is 0 Å². The van der Waals surface area contributed by atoms with Crippen molar-refractivity contribution in [1.29, 1.82) is 0 Å². The summed E-state index contributed by atoms with van der Waals surface area (Å²) in [6, 6.07) is 3.87. The molecule has 0 unspecified atom stereocenters. The Labute approximate surface area is 119 Å². The molecule has 0 aromatic carbocycles. The van der Waals surface area contributed by atoms with Gasteiger partial charge in [-0.1, -0.05) is 0 Å². The normalized spacial score (nSPS) is 10.5. The molecule has 0 atom stereocenters. The fourth-order valence-electron chi connectivity index (χ4n) is 2.32. The van der Waals surface area contributed by atoms with E-state index in [0.717, 1.165) is 17.0 Å². The van der Waals surface area contributed by atoms with Gasteiger partial charge in [0.1, 0.15) is 0 Å². The monoisotopic (exact) mass is 280 g/mol. The Kier molecular flexibility index (Phi) is 5.67. The van der Waals surface area contributed by atoms with E-state index >= 15 is 0 Å². The first-order valence-corrected chi connectivity index (χ1v) is 6.57. The van der Waals surface area contributed by atoms with Gasteiger partial charge in [0.2, 0.25) is 6.04 Å². The third kappa shape index (κ3) is 4.64. The molecule has 0 N–H and O–H groups in total. The summed E-state index contributed by atoms with van der Waals surface area (Å²) >= 11 is 0. The minimum atomic E-state index is -0.346. The van der Waals surface area contributed by atoms with Gasteiger partial charge in [0.25, 0.3) is 0 Å². The number of aryl methyl sites for hydroxylation is 3. The fourth-order valence-corrected chi connectivity index (χ4v) is 2.32. The Hall–Kier alpha value is -1.91. The van der Waals surface area contributed by atoms with Crippen molar-refractivity contribution < 1.29 is 23.6 Å². The number of pyridine rings is 1. The van der Waals surface area contributed by atoms with E-state index in [0.29, 0.717) is 0 Å². The molecule has 0 spiro atoms. The molecule has 0 aliphatic heterocycles. The van der Waals surface area contributed by atoms with Gasteiger partial charge in [-0.3, -0.25) is 9.59 Å². The average Bonchev–Trinajstić information content (AvgIpc) is 2.29. The van der Waals surface area contributed by atoms with Crippen LogP contribution in [0.1, 0.15) is 36.8 Å². The van der Waals surface area contributed by atoms with Gasteiger partial charge in [-0.05, 0) is 12.5 Å². The van der Waals surface area contributed by atoms with E-state index in [9.17, 15) is 9.59 Å². The van der Waals surface area contributed by atoms with Crippen molar-refractivity contribution in [2.45, 2.75) is 40.7 Å². The van der Waals surface area contributed by atoms with Crippen LogP contribution in [0.2, 0.25) is 0 Å². The lowest BCUT2D eigenvalue weighted by atomic mass is 10.1. The van der Waals surface area contributed by atoms with E-state index < -0.39 is 0 Å². The molecule has 5 heteroatoms. The maximum absolute atomic E-state index is 11.0. The number of rotatable bonds is 5. The lowest BCUT2D eigenvalue weighted by Crippen LogP contribution is -2.49. The average molecular weight is 280 g/mol. The van der Waals surface area contributed by atoms with Crippen molar-refractivity contribution in [3.63, 3.8) is 0 Å². The minimum Gasteiger partial charge on any atom is -0.459 e. The first-order valence-electron chi connectivity index (χ1n) is 6.57. The van der Waals surface area contributed by atoms with Crippen LogP contribution in [0.3, 0.4) is 0 Å². The largest absolute Gasteiger partial charge is 0.459 e. The summed E-state index contributed by atoms with van der Waals surface area (Å²) in [5.41, 5.74) is 3.23. The standard InChI is InChI=1S/C15H22NO4/c1-10-6-11(2)16(12(3)7-10)15(8-19-13(4)17)9-20-14(5)18/h6-7,15H,8-9H2,1-5H3/q+1. The van der Waals surface area contributed by atoms with Crippen molar-refractivity contribution in [3.8, 4) is 0 Å². The van der Waals surface area contributed by atoms with Crippen LogP contribution >= 0.6 is 0 Å². The van der Waals surface area contributed by atoms with E-state index in [-0.39, 0.29) is 31.2 Å². The van der Waals surface area contributed by atoms with E-state index in [1.165, 1.54) is 13.8 Å². The topological polar surface area (TPSA) is 56.5 Å². The van der Waals surface area contributed by atoms with Crippen LogP contribution < -0.4 is 4.57 Å². The van der Waals surface area contributed by atoms with Gasteiger partial charge in [-0.15, -0.1) is 0 Å². The number of ether oxygens (including phenoxy) is 2. The van der Waals surface area contributed by atoms with Gasteiger partial charge in [0, 0.05) is 39.8 Å². The molecular weight excluding hydrogens is 258 g/mol. The molecule has 0 saturated carbocycles. The van der Waals surface area contributed by atoms with Gasteiger partial charge >= 0.3 is 11.9 Å². The van der Waals surface area contributed by atoms with Crippen LogP contribution in [0, 0.1) is 20.8 Å². The highest BCUT2D eigenvalue weighted by Gasteiger charge is 2.26. The zero-order valence-electron chi connectivity index (χ0n) is 12.7. The first-order chi connectivity index (χ1) is 9.31. The van der Waals surface area contributed by atoms with Gasteiger partial charge in [-0.2, -0.15) is 4.57 Å². The molecule has 0 aliphatic rings. The summed E-state index contributed by atoms with van der Waals surface area (Å²) < 4.78 is 12.2. The molecule has 1 heterocycles. The Bertz CT molecular complexity index is 470. The summed E-state index contributed by atoms with van der Waals surface area (Å²) in [7, 11) is 0. The van der Waals surface area contributed by atoms with Gasteiger partial charge in [-0.25, -0.2) is 0 Å². The highest BCUT2D eigenvalue weighted by Crippen LogP contribution is 2.08. The number of hydrogen-bond donors (Lipinski definition) is 0. The SMILES string of the molecule is CC(=O)OCC(COC(C)=O)[n+]1c(C)cc(C)cc1C. The van der Waals surface area contributed by atoms with E-state index in [4.69, 9.17) is 9.47 Å². The number of esters is 2. The van der Waals surface area contributed by atoms with Crippen LogP contribution in [-0.2, 0) is 19.1 Å². The van der Waals surface area contributed by atoms with Crippen LogP contribution in [0.4, 0.5) is 0 Å². The molecule has 0 saturated heterocycles. The zero-order chi connectivity index (χ0) is 15.3. The molecule has 0 radical (unpaired) electrons. The Morgan fingerprint density at radius 3 is 1.75 bits per heavy atom. The Morgan fingerprint density at radius 1 is 1.00 bits per heavy atom. The summed E-state index contributed by atoms with van der Waals surface area (Å²) in [5, 5.41) is 0. The third-order valence-corrected chi connectivity index (χ3v) is 2.96. The molecule has 0 amide bonds. The molecule has 5 nitrogen and oxygen atoms in total. The maximum atomic E-state index is 11.0. The first kappa shape index (κ1) is 16.1. The molecule has 0 aliphatic carbocycles. The highest BCUT2D eigenvalue weighted by molar-refractivity contribution is 5.66. The quantitative estimate of drug-likeness (QED) is 0.607. The van der Waals surface area contributed by atoms with Crippen molar-refractivity contribution in [2.24, 2.45) is 0 Å². The Morgan fingerprint density at radius 2 is 1.40 bits per heavy atom. The number of carbonyl (C=O) groups excluding carboxylic acids is 2. The van der Waals surface area contributed by atoms with Crippen molar-refractivity contribution in [2.75, 3.05) is 13.2 Å². The predicted molar refractivity (Wildman–Crippen MR) is 73.2 cm³/mol. The predicted octanol–water partition coefficient (Wildman–Crippen LogP) is 1.57. The smallest absolute Gasteiger partial charge is 0.302 e. The van der Waals surface area contributed by atoms with Crippen LogP contribution in [0.15, 0.2) is 12.1 Å². The molecule has 0 fully saturated rings. The summed E-state index contributed by atoms with van der Waals surface area (Å²) in [6.45, 7) is 9.07. The molecule has 20 heavy (non-hydrogen) atoms. The summed E-state index contributed by atoms with van der Waals surface area (Å²) in [4.78, 5) is 22.0. The van der Waals surface area contributed by atoms with E-state index in [1.54, 1.807) is 0 Å². The van der Waals surface area contributed by atoms with Crippen LogP contribution in [-0.4, -0.2) is 25.2 Å². The fraction of sp³-hybridized carbons (Fsp3) is 0.533. The van der Waals surface area contributed by atoms with Gasteiger partial charge < -0.3 is 9.47 Å². The second kappa shape index (κ2) is 7.03. The van der Waals surface area contributed by atoms with Gasteiger partial charge in [0.05, 0.1) is 0 Å². The molecule has 110 valence electrons.